The van der Waals surface area contributed by atoms with Crippen molar-refractivity contribution < 1.29 is 18.7 Å². The van der Waals surface area contributed by atoms with Gasteiger partial charge in [-0.25, -0.2) is 14.2 Å². The monoisotopic (exact) mass is 363 g/mol. The average Bonchev–Trinajstić information content (AvgIpc) is 2.53. The van der Waals surface area contributed by atoms with E-state index in [2.05, 4.69) is 9.97 Å². The van der Waals surface area contributed by atoms with Crippen molar-refractivity contribution in [3.8, 4) is 5.75 Å². The fraction of sp³-hybridized carbons (Fsp3) is 0.500. The Bertz CT molecular complexity index is 867. The SMILES string of the molecule is CC(C)(C)OC(=O)N1CCC(Oc2cc(F)cc3nc[nH]c(=O)c23)CC1. The molecule has 1 amide bonds. The van der Waals surface area contributed by atoms with Gasteiger partial charge in [0, 0.05) is 38.1 Å². The van der Waals surface area contributed by atoms with Gasteiger partial charge in [0.15, 0.2) is 0 Å². The molecule has 1 aromatic heterocycles. The summed E-state index contributed by atoms with van der Waals surface area (Å²) in [6.45, 7) is 6.41. The summed E-state index contributed by atoms with van der Waals surface area (Å²) >= 11 is 0. The van der Waals surface area contributed by atoms with Gasteiger partial charge in [0.25, 0.3) is 5.56 Å². The minimum absolute atomic E-state index is 0.171. The first-order chi connectivity index (χ1) is 12.2. The van der Waals surface area contributed by atoms with Crippen molar-refractivity contribution in [2.45, 2.75) is 45.3 Å². The normalized spacial score (nSPS) is 15.9. The number of carbonyl (C=O) groups is 1. The molecule has 26 heavy (non-hydrogen) atoms. The maximum absolute atomic E-state index is 13.8. The number of halogens is 1. The predicted octanol–water partition coefficient (Wildman–Crippen LogP) is 2.84. The van der Waals surface area contributed by atoms with Gasteiger partial charge in [-0.2, -0.15) is 0 Å². The van der Waals surface area contributed by atoms with Crippen molar-refractivity contribution in [3.05, 3.63) is 34.6 Å². The number of fused-ring (bicyclic) bond motifs is 1. The van der Waals surface area contributed by atoms with Crippen LogP contribution in [0.1, 0.15) is 33.6 Å². The van der Waals surface area contributed by atoms with Crippen molar-refractivity contribution in [1.29, 1.82) is 0 Å². The Hall–Kier alpha value is -2.64. The summed E-state index contributed by atoms with van der Waals surface area (Å²) in [5, 5.41) is 0.225. The second kappa shape index (κ2) is 6.93. The van der Waals surface area contributed by atoms with Gasteiger partial charge in [-0.1, -0.05) is 0 Å². The van der Waals surface area contributed by atoms with E-state index >= 15 is 0 Å². The molecule has 0 aliphatic carbocycles. The first kappa shape index (κ1) is 18.2. The molecule has 1 fully saturated rings. The number of H-pyrrole nitrogens is 1. The van der Waals surface area contributed by atoms with Gasteiger partial charge in [0.05, 0.1) is 11.8 Å². The molecule has 0 atom stereocenters. The van der Waals surface area contributed by atoms with Gasteiger partial charge in [-0.3, -0.25) is 4.79 Å². The van der Waals surface area contributed by atoms with Gasteiger partial charge in [0.1, 0.15) is 28.7 Å². The smallest absolute Gasteiger partial charge is 0.410 e. The average molecular weight is 363 g/mol. The van der Waals surface area contributed by atoms with Crippen LogP contribution in [0.3, 0.4) is 0 Å². The number of ether oxygens (including phenoxy) is 2. The van der Waals surface area contributed by atoms with Crippen LogP contribution in [0, 0.1) is 5.82 Å². The number of piperidine rings is 1. The van der Waals surface area contributed by atoms with Crippen LogP contribution in [0.25, 0.3) is 10.9 Å². The highest BCUT2D eigenvalue weighted by atomic mass is 19.1. The number of aromatic nitrogens is 2. The number of nitrogens with one attached hydrogen (secondary N) is 1. The van der Waals surface area contributed by atoms with E-state index < -0.39 is 11.4 Å². The first-order valence-electron chi connectivity index (χ1n) is 8.54. The molecule has 0 spiro atoms. The summed E-state index contributed by atoms with van der Waals surface area (Å²) in [7, 11) is 0. The Morgan fingerprint density at radius 1 is 1.31 bits per heavy atom. The Morgan fingerprint density at radius 3 is 2.65 bits per heavy atom. The van der Waals surface area contributed by atoms with E-state index in [4.69, 9.17) is 9.47 Å². The summed E-state index contributed by atoms with van der Waals surface area (Å²) in [5.41, 5.74) is -0.676. The summed E-state index contributed by atoms with van der Waals surface area (Å²) in [5.74, 6) is -0.346. The molecular formula is C18H22FN3O4. The molecule has 1 N–H and O–H groups in total. The molecular weight excluding hydrogens is 341 g/mol. The van der Waals surface area contributed by atoms with Crippen LogP contribution < -0.4 is 10.3 Å². The summed E-state index contributed by atoms with van der Waals surface area (Å²) in [4.78, 5) is 32.2. The van der Waals surface area contributed by atoms with Gasteiger partial charge in [-0.05, 0) is 20.8 Å². The number of hydrogen-bond donors (Lipinski definition) is 1. The Kier molecular flexibility index (Phi) is 4.84. The number of amides is 1. The van der Waals surface area contributed by atoms with Gasteiger partial charge in [-0.15, -0.1) is 0 Å². The topological polar surface area (TPSA) is 84.5 Å². The molecule has 0 saturated carbocycles. The lowest BCUT2D eigenvalue weighted by Gasteiger charge is -2.33. The lowest BCUT2D eigenvalue weighted by Crippen LogP contribution is -2.44. The highest BCUT2D eigenvalue weighted by molar-refractivity contribution is 5.84. The van der Waals surface area contributed by atoms with Gasteiger partial charge < -0.3 is 19.4 Å². The lowest BCUT2D eigenvalue weighted by molar-refractivity contribution is 0.0127. The molecule has 7 nitrogen and oxygen atoms in total. The van der Waals surface area contributed by atoms with Crippen LogP contribution in [-0.4, -0.2) is 45.8 Å². The molecule has 2 aromatic rings. The molecule has 3 rings (SSSR count). The number of carbonyl (C=O) groups excluding carboxylic acids is 1. The zero-order valence-corrected chi connectivity index (χ0v) is 15.0. The highest BCUT2D eigenvalue weighted by Gasteiger charge is 2.28. The number of nitrogens with zero attached hydrogens (tertiary/aromatic N) is 2. The number of benzene rings is 1. The number of rotatable bonds is 2. The molecule has 1 aromatic carbocycles. The van der Waals surface area contributed by atoms with Crippen molar-refractivity contribution in [3.63, 3.8) is 0 Å². The third-order valence-electron chi connectivity index (χ3n) is 4.06. The third kappa shape index (κ3) is 4.12. The largest absolute Gasteiger partial charge is 0.489 e. The van der Waals surface area contributed by atoms with Crippen molar-refractivity contribution >= 4 is 17.0 Å². The molecule has 0 unspecified atom stereocenters. The Labute approximate surface area is 150 Å². The van der Waals surface area contributed by atoms with E-state index in [1.807, 2.05) is 20.8 Å². The molecule has 1 aliphatic heterocycles. The second-order valence-corrected chi connectivity index (χ2v) is 7.31. The summed E-state index contributed by atoms with van der Waals surface area (Å²) in [6, 6.07) is 2.39. The van der Waals surface area contributed by atoms with Crippen LogP contribution in [0.15, 0.2) is 23.3 Å². The van der Waals surface area contributed by atoms with E-state index in [9.17, 15) is 14.0 Å². The van der Waals surface area contributed by atoms with Crippen LogP contribution >= 0.6 is 0 Å². The zero-order valence-electron chi connectivity index (χ0n) is 15.0. The summed E-state index contributed by atoms with van der Waals surface area (Å²) in [6.07, 6.45) is 1.78. The van der Waals surface area contributed by atoms with Crippen LogP contribution in [0.5, 0.6) is 5.75 Å². The summed E-state index contributed by atoms with van der Waals surface area (Å²) < 4.78 is 25.0. The number of likely N-dealkylation sites (tertiary alicyclic amines) is 1. The van der Waals surface area contributed by atoms with Crippen molar-refractivity contribution in [2.24, 2.45) is 0 Å². The molecule has 8 heteroatoms. The van der Waals surface area contributed by atoms with Crippen molar-refractivity contribution in [1.82, 2.24) is 14.9 Å². The molecule has 2 heterocycles. The zero-order chi connectivity index (χ0) is 18.9. The predicted molar refractivity (Wildman–Crippen MR) is 93.8 cm³/mol. The van der Waals surface area contributed by atoms with E-state index in [-0.39, 0.29) is 34.4 Å². The standard InChI is InChI=1S/C18H22FN3O4/c1-18(2,3)26-17(24)22-6-4-12(5-7-22)25-14-9-11(19)8-13-15(14)16(23)21-10-20-13/h8-10,12H,4-7H2,1-3H3,(H,20,21,23). The highest BCUT2D eigenvalue weighted by Crippen LogP contribution is 2.26. The van der Waals surface area contributed by atoms with E-state index in [0.717, 1.165) is 0 Å². The number of hydrogen-bond acceptors (Lipinski definition) is 5. The fourth-order valence-electron chi connectivity index (χ4n) is 2.89. The fourth-order valence-corrected chi connectivity index (χ4v) is 2.89. The molecule has 0 radical (unpaired) electrons. The van der Waals surface area contributed by atoms with E-state index in [1.54, 1.807) is 4.90 Å². The van der Waals surface area contributed by atoms with Crippen molar-refractivity contribution in [2.75, 3.05) is 13.1 Å². The third-order valence-corrected chi connectivity index (χ3v) is 4.06. The minimum Gasteiger partial charge on any atom is -0.489 e. The Balaban J connectivity index is 1.70. The lowest BCUT2D eigenvalue weighted by atomic mass is 10.1. The Morgan fingerprint density at radius 2 is 2.00 bits per heavy atom. The van der Waals surface area contributed by atoms with E-state index in [1.165, 1.54) is 18.5 Å². The molecule has 1 saturated heterocycles. The maximum Gasteiger partial charge on any atom is 0.410 e. The van der Waals surface area contributed by atoms with Crippen LogP contribution in [-0.2, 0) is 4.74 Å². The first-order valence-corrected chi connectivity index (χ1v) is 8.54. The maximum atomic E-state index is 13.8. The number of aromatic amines is 1. The molecule has 140 valence electrons. The minimum atomic E-state index is -0.543. The molecule has 1 aliphatic rings. The van der Waals surface area contributed by atoms with Crippen LogP contribution in [0.4, 0.5) is 9.18 Å². The van der Waals surface area contributed by atoms with Crippen LogP contribution in [0.2, 0.25) is 0 Å². The van der Waals surface area contributed by atoms with E-state index in [0.29, 0.717) is 25.9 Å². The van der Waals surface area contributed by atoms with Gasteiger partial charge >= 0.3 is 6.09 Å². The molecule has 0 bridgehead atoms. The second-order valence-electron chi connectivity index (χ2n) is 7.31. The van der Waals surface area contributed by atoms with Gasteiger partial charge in [0.2, 0.25) is 0 Å². The quantitative estimate of drug-likeness (QED) is 0.887.